The van der Waals surface area contributed by atoms with Gasteiger partial charge in [-0.3, -0.25) is 0 Å². The molecule has 1 aromatic carbocycles. The third kappa shape index (κ3) is 2.46. The summed E-state index contributed by atoms with van der Waals surface area (Å²) in [6.07, 6.45) is 1.58. The van der Waals surface area contributed by atoms with Crippen LogP contribution in [0.4, 0.5) is 4.39 Å². The van der Waals surface area contributed by atoms with Crippen molar-refractivity contribution >= 4 is 10.0 Å². The summed E-state index contributed by atoms with van der Waals surface area (Å²) in [4.78, 5) is -0.0800. The fourth-order valence-corrected chi connectivity index (χ4v) is 2.92. The van der Waals surface area contributed by atoms with Crippen LogP contribution in [-0.4, -0.2) is 14.0 Å². The van der Waals surface area contributed by atoms with E-state index in [2.05, 4.69) is 4.72 Å². The quantitative estimate of drug-likeness (QED) is 0.889. The first-order valence-corrected chi connectivity index (χ1v) is 6.58. The number of benzene rings is 1. The normalized spacial score (nSPS) is 17.5. The molecule has 1 aromatic rings. The van der Waals surface area contributed by atoms with Crippen molar-refractivity contribution in [2.45, 2.75) is 30.2 Å². The molecule has 2 rings (SSSR count). The van der Waals surface area contributed by atoms with E-state index in [4.69, 9.17) is 5.26 Å². The highest BCUT2D eigenvalue weighted by molar-refractivity contribution is 7.89. The number of nitriles is 1. The summed E-state index contributed by atoms with van der Waals surface area (Å²) in [5.41, 5.74) is -0.658. The van der Waals surface area contributed by atoms with Crippen molar-refractivity contribution in [3.63, 3.8) is 0 Å². The Morgan fingerprint density at radius 2 is 2.12 bits per heavy atom. The van der Waals surface area contributed by atoms with Crippen molar-refractivity contribution in [3.8, 4) is 6.07 Å². The van der Waals surface area contributed by atoms with E-state index in [-0.39, 0.29) is 16.0 Å². The summed E-state index contributed by atoms with van der Waals surface area (Å²) in [7, 11) is -3.67. The third-order valence-corrected chi connectivity index (χ3v) is 4.39. The van der Waals surface area contributed by atoms with Crippen LogP contribution in [-0.2, 0) is 10.0 Å². The largest absolute Gasteiger partial charge is 0.241 e. The van der Waals surface area contributed by atoms with Gasteiger partial charge in [-0.2, -0.15) is 5.26 Å². The van der Waals surface area contributed by atoms with E-state index in [1.165, 1.54) is 0 Å². The molecule has 1 aliphatic rings. The molecule has 4 nitrogen and oxygen atoms in total. The Kier molecular flexibility index (Phi) is 2.68. The maximum Gasteiger partial charge on any atom is 0.241 e. The lowest BCUT2D eigenvalue weighted by molar-refractivity contribution is 0.557. The third-order valence-electron chi connectivity index (χ3n) is 2.75. The average molecular weight is 254 g/mol. The predicted molar refractivity (Wildman–Crippen MR) is 59.1 cm³/mol. The zero-order valence-corrected chi connectivity index (χ0v) is 10.0. The maximum absolute atomic E-state index is 13.1. The van der Waals surface area contributed by atoms with Gasteiger partial charge in [0, 0.05) is 5.54 Å². The van der Waals surface area contributed by atoms with Crippen LogP contribution in [0.3, 0.4) is 0 Å². The van der Waals surface area contributed by atoms with Crippen LogP contribution in [0.2, 0.25) is 0 Å². The Morgan fingerprint density at radius 3 is 2.65 bits per heavy atom. The van der Waals surface area contributed by atoms with Crippen LogP contribution >= 0.6 is 0 Å². The standard InChI is InChI=1S/C11H11FN2O2S/c1-11(4-5-11)14-17(15,16)9-2-3-10(12)8(6-9)7-13/h2-3,6,14H,4-5H2,1H3. The molecule has 6 heteroatoms. The van der Waals surface area contributed by atoms with Gasteiger partial charge in [-0.25, -0.2) is 17.5 Å². The molecule has 1 fully saturated rings. The smallest absolute Gasteiger partial charge is 0.207 e. The van der Waals surface area contributed by atoms with Crippen LogP contribution in [0, 0.1) is 17.1 Å². The second-order valence-electron chi connectivity index (χ2n) is 4.42. The lowest BCUT2D eigenvalue weighted by Gasteiger charge is -2.12. The maximum atomic E-state index is 13.1. The number of hydrogen-bond acceptors (Lipinski definition) is 3. The monoisotopic (exact) mass is 254 g/mol. The Morgan fingerprint density at radius 1 is 1.47 bits per heavy atom. The van der Waals surface area contributed by atoms with Crippen LogP contribution in [0.1, 0.15) is 25.3 Å². The van der Waals surface area contributed by atoms with Crippen molar-refractivity contribution in [2.75, 3.05) is 0 Å². The number of hydrogen-bond donors (Lipinski definition) is 1. The molecule has 0 heterocycles. The molecule has 0 aliphatic heterocycles. The van der Waals surface area contributed by atoms with Gasteiger partial charge in [-0.05, 0) is 38.0 Å². The minimum atomic E-state index is -3.67. The van der Waals surface area contributed by atoms with Gasteiger partial charge in [0.15, 0.2) is 0 Å². The van der Waals surface area contributed by atoms with E-state index < -0.39 is 15.8 Å². The first kappa shape index (κ1) is 12.0. The van der Waals surface area contributed by atoms with Crippen LogP contribution in [0.25, 0.3) is 0 Å². The van der Waals surface area contributed by atoms with Crippen LogP contribution in [0.5, 0.6) is 0 Å². The molecule has 0 radical (unpaired) electrons. The molecular weight excluding hydrogens is 243 g/mol. The first-order valence-electron chi connectivity index (χ1n) is 5.10. The van der Waals surface area contributed by atoms with E-state index in [9.17, 15) is 12.8 Å². The van der Waals surface area contributed by atoms with Gasteiger partial charge < -0.3 is 0 Å². The summed E-state index contributed by atoms with van der Waals surface area (Å²) in [5, 5.41) is 8.65. The Labute approximate surface area is 99.1 Å². The predicted octanol–water partition coefficient (Wildman–Crippen LogP) is 1.53. The van der Waals surface area contributed by atoms with Gasteiger partial charge in [0.25, 0.3) is 0 Å². The second kappa shape index (κ2) is 3.79. The SMILES string of the molecule is CC1(NS(=O)(=O)c2ccc(F)c(C#N)c2)CC1. The van der Waals surface area contributed by atoms with Gasteiger partial charge >= 0.3 is 0 Å². The molecule has 0 aromatic heterocycles. The van der Waals surface area contributed by atoms with Gasteiger partial charge in [-0.15, -0.1) is 0 Å². The summed E-state index contributed by atoms with van der Waals surface area (Å²) < 4.78 is 39.5. The van der Waals surface area contributed by atoms with Crippen molar-refractivity contribution in [1.82, 2.24) is 4.72 Å². The molecule has 1 saturated carbocycles. The summed E-state index contributed by atoms with van der Waals surface area (Å²) in [5.74, 6) is -0.718. The number of sulfonamides is 1. The van der Waals surface area contributed by atoms with Gasteiger partial charge in [0.2, 0.25) is 10.0 Å². The van der Waals surface area contributed by atoms with Crippen molar-refractivity contribution in [2.24, 2.45) is 0 Å². The van der Waals surface area contributed by atoms with Crippen molar-refractivity contribution in [3.05, 3.63) is 29.6 Å². The zero-order chi connectivity index (χ0) is 12.7. The molecule has 1 N–H and O–H groups in total. The van der Waals surface area contributed by atoms with Gasteiger partial charge in [-0.1, -0.05) is 0 Å². The Balaban J connectivity index is 2.37. The molecule has 0 atom stereocenters. The zero-order valence-electron chi connectivity index (χ0n) is 9.20. The molecule has 17 heavy (non-hydrogen) atoms. The Bertz CT molecular complexity index is 600. The number of nitrogens with zero attached hydrogens (tertiary/aromatic N) is 1. The van der Waals surface area contributed by atoms with Gasteiger partial charge in [0.05, 0.1) is 10.5 Å². The van der Waals surface area contributed by atoms with E-state index in [1.54, 1.807) is 13.0 Å². The minimum Gasteiger partial charge on any atom is -0.207 e. The van der Waals surface area contributed by atoms with E-state index in [0.717, 1.165) is 31.0 Å². The highest BCUT2D eigenvalue weighted by Gasteiger charge is 2.41. The van der Waals surface area contributed by atoms with Crippen LogP contribution < -0.4 is 4.72 Å². The fraction of sp³-hybridized carbons (Fsp3) is 0.364. The fourth-order valence-electron chi connectivity index (χ4n) is 1.43. The van der Waals surface area contributed by atoms with E-state index in [1.807, 2.05) is 0 Å². The van der Waals surface area contributed by atoms with Gasteiger partial charge in [0.1, 0.15) is 11.9 Å². The van der Waals surface area contributed by atoms with E-state index in [0.29, 0.717) is 0 Å². The summed E-state index contributed by atoms with van der Waals surface area (Å²) >= 11 is 0. The molecule has 0 bridgehead atoms. The van der Waals surface area contributed by atoms with Crippen LogP contribution in [0.15, 0.2) is 23.1 Å². The molecule has 0 spiro atoms. The van der Waals surface area contributed by atoms with Crippen molar-refractivity contribution < 1.29 is 12.8 Å². The molecule has 0 amide bonds. The molecular formula is C11H11FN2O2S. The second-order valence-corrected chi connectivity index (χ2v) is 6.10. The summed E-state index contributed by atoms with van der Waals surface area (Å²) in [6.45, 7) is 1.80. The Hall–Kier alpha value is -1.45. The van der Waals surface area contributed by atoms with Crippen molar-refractivity contribution in [1.29, 1.82) is 5.26 Å². The lowest BCUT2D eigenvalue weighted by atomic mass is 10.2. The average Bonchev–Trinajstić information content (AvgIpc) is 2.95. The summed E-state index contributed by atoms with van der Waals surface area (Å²) in [6, 6.07) is 4.81. The minimum absolute atomic E-state index is 0.0800. The first-order chi connectivity index (χ1) is 7.86. The number of nitrogens with one attached hydrogen (secondary N) is 1. The number of halogens is 1. The molecule has 1 aliphatic carbocycles. The lowest BCUT2D eigenvalue weighted by Crippen LogP contribution is -2.34. The molecule has 0 saturated heterocycles. The highest BCUT2D eigenvalue weighted by atomic mass is 32.2. The molecule has 0 unspecified atom stereocenters. The van der Waals surface area contributed by atoms with E-state index >= 15 is 0 Å². The highest BCUT2D eigenvalue weighted by Crippen LogP contribution is 2.36. The number of rotatable bonds is 3. The topological polar surface area (TPSA) is 70.0 Å². The molecule has 90 valence electrons.